The standard InChI is InChI=1S/C16H23ClFN/c1-11-6-13(9-16(2,3)8-11)19-10-12-4-5-15(18)14(17)7-12/h4-5,7,11,13,19H,6,8-10H2,1-3H3. The molecule has 1 saturated carbocycles. The van der Waals surface area contributed by atoms with Crippen molar-refractivity contribution in [2.75, 3.05) is 0 Å². The van der Waals surface area contributed by atoms with Gasteiger partial charge in [-0.15, -0.1) is 0 Å². The Bertz CT molecular complexity index is 444. The van der Waals surface area contributed by atoms with Gasteiger partial charge in [0, 0.05) is 12.6 Å². The molecule has 106 valence electrons. The third-order valence-corrected chi connectivity index (χ3v) is 4.26. The summed E-state index contributed by atoms with van der Waals surface area (Å²) in [6.07, 6.45) is 3.72. The number of hydrogen-bond acceptors (Lipinski definition) is 1. The van der Waals surface area contributed by atoms with E-state index in [0.717, 1.165) is 18.0 Å². The third kappa shape index (κ3) is 4.19. The first-order chi connectivity index (χ1) is 8.85. The molecule has 0 saturated heterocycles. The van der Waals surface area contributed by atoms with Crippen LogP contribution in [0.25, 0.3) is 0 Å². The minimum Gasteiger partial charge on any atom is -0.310 e. The summed E-state index contributed by atoms with van der Waals surface area (Å²) in [5, 5.41) is 3.79. The zero-order valence-electron chi connectivity index (χ0n) is 12.0. The monoisotopic (exact) mass is 283 g/mol. The molecule has 3 heteroatoms. The predicted octanol–water partition coefficient (Wildman–Crippen LogP) is 4.78. The first kappa shape index (κ1) is 14.8. The van der Waals surface area contributed by atoms with Crippen LogP contribution >= 0.6 is 11.6 Å². The molecule has 0 amide bonds. The molecular weight excluding hydrogens is 261 g/mol. The van der Waals surface area contributed by atoms with Crippen LogP contribution in [0, 0.1) is 17.2 Å². The Balaban J connectivity index is 1.93. The molecule has 1 aliphatic carbocycles. The fourth-order valence-electron chi connectivity index (χ4n) is 3.41. The highest BCUT2D eigenvalue weighted by Crippen LogP contribution is 2.38. The lowest BCUT2D eigenvalue weighted by atomic mass is 9.70. The Hall–Kier alpha value is -0.600. The molecule has 0 bridgehead atoms. The van der Waals surface area contributed by atoms with Gasteiger partial charge in [0.05, 0.1) is 5.02 Å². The van der Waals surface area contributed by atoms with Gasteiger partial charge >= 0.3 is 0 Å². The lowest BCUT2D eigenvalue weighted by Crippen LogP contribution is -2.39. The molecule has 19 heavy (non-hydrogen) atoms. The van der Waals surface area contributed by atoms with Gasteiger partial charge in [-0.3, -0.25) is 0 Å². The van der Waals surface area contributed by atoms with Crippen molar-refractivity contribution in [3.8, 4) is 0 Å². The van der Waals surface area contributed by atoms with E-state index in [1.165, 1.54) is 25.3 Å². The Labute approximate surface area is 120 Å². The topological polar surface area (TPSA) is 12.0 Å². The Morgan fingerprint density at radius 1 is 1.37 bits per heavy atom. The highest BCUT2D eigenvalue weighted by atomic mass is 35.5. The summed E-state index contributed by atoms with van der Waals surface area (Å²) >= 11 is 5.80. The zero-order valence-corrected chi connectivity index (χ0v) is 12.7. The van der Waals surface area contributed by atoms with Gasteiger partial charge in [-0.1, -0.05) is 38.4 Å². The van der Waals surface area contributed by atoms with E-state index >= 15 is 0 Å². The zero-order chi connectivity index (χ0) is 14.0. The highest BCUT2D eigenvalue weighted by molar-refractivity contribution is 6.30. The second-order valence-corrected chi connectivity index (χ2v) is 7.15. The molecule has 2 unspecified atom stereocenters. The van der Waals surface area contributed by atoms with E-state index in [2.05, 4.69) is 26.1 Å². The van der Waals surface area contributed by atoms with Crippen LogP contribution in [0.1, 0.15) is 45.6 Å². The van der Waals surface area contributed by atoms with Gasteiger partial charge in [0.1, 0.15) is 5.82 Å². The van der Waals surface area contributed by atoms with Crippen molar-refractivity contribution in [3.05, 3.63) is 34.6 Å². The van der Waals surface area contributed by atoms with Crippen LogP contribution in [0.5, 0.6) is 0 Å². The van der Waals surface area contributed by atoms with Gasteiger partial charge in [-0.2, -0.15) is 0 Å². The van der Waals surface area contributed by atoms with Crippen LogP contribution in [0.3, 0.4) is 0 Å². The van der Waals surface area contributed by atoms with E-state index in [-0.39, 0.29) is 10.8 Å². The maximum Gasteiger partial charge on any atom is 0.141 e. The molecule has 1 nitrogen and oxygen atoms in total. The van der Waals surface area contributed by atoms with Crippen molar-refractivity contribution < 1.29 is 4.39 Å². The lowest BCUT2D eigenvalue weighted by molar-refractivity contribution is 0.151. The normalized spacial score (nSPS) is 26.4. The first-order valence-corrected chi connectivity index (χ1v) is 7.41. The lowest BCUT2D eigenvalue weighted by Gasteiger charge is -2.39. The molecule has 1 aliphatic rings. The molecule has 0 heterocycles. The molecule has 1 aromatic rings. The summed E-state index contributed by atoms with van der Waals surface area (Å²) in [6, 6.07) is 5.49. The molecular formula is C16H23ClFN. The summed E-state index contributed by atoms with van der Waals surface area (Å²) < 4.78 is 13.1. The van der Waals surface area contributed by atoms with E-state index in [1.54, 1.807) is 12.1 Å². The number of benzene rings is 1. The van der Waals surface area contributed by atoms with Crippen molar-refractivity contribution in [2.24, 2.45) is 11.3 Å². The van der Waals surface area contributed by atoms with E-state index in [0.29, 0.717) is 11.5 Å². The molecule has 1 aromatic carbocycles. The van der Waals surface area contributed by atoms with Gasteiger partial charge in [0.2, 0.25) is 0 Å². The largest absolute Gasteiger partial charge is 0.310 e. The van der Waals surface area contributed by atoms with Gasteiger partial charge in [-0.25, -0.2) is 4.39 Å². The third-order valence-electron chi connectivity index (χ3n) is 3.97. The van der Waals surface area contributed by atoms with Crippen molar-refractivity contribution in [1.82, 2.24) is 5.32 Å². The molecule has 2 atom stereocenters. The number of halogens is 2. The van der Waals surface area contributed by atoms with E-state index in [1.807, 2.05) is 0 Å². The van der Waals surface area contributed by atoms with Crippen LogP contribution in [0.2, 0.25) is 5.02 Å². The summed E-state index contributed by atoms with van der Waals surface area (Å²) in [7, 11) is 0. The summed E-state index contributed by atoms with van der Waals surface area (Å²) in [4.78, 5) is 0. The molecule has 1 N–H and O–H groups in total. The quantitative estimate of drug-likeness (QED) is 0.841. The van der Waals surface area contributed by atoms with Crippen LogP contribution in [-0.4, -0.2) is 6.04 Å². The van der Waals surface area contributed by atoms with E-state index in [4.69, 9.17) is 11.6 Å². The summed E-state index contributed by atoms with van der Waals surface area (Å²) in [5.74, 6) is 0.413. The van der Waals surface area contributed by atoms with Gasteiger partial charge in [-0.05, 0) is 48.3 Å². The molecule has 0 aliphatic heterocycles. The Morgan fingerprint density at radius 2 is 2.11 bits per heavy atom. The smallest absolute Gasteiger partial charge is 0.141 e. The summed E-state index contributed by atoms with van der Waals surface area (Å²) in [6.45, 7) is 7.76. The molecule has 1 fully saturated rings. The van der Waals surface area contributed by atoms with Crippen molar-refractivity contribution in [2.45, 2.75) is 52.6 Å². The fraction of sp³-hybridized carbons (Fsp3) is 0.625. The van der Waals surface area contributed by atoms with Crippen molar-refractivity contribution >= 4 is 11.6 Å². The maximum atomic E-state index is 13.1. The van der Waals surface area contributed by atoms with Crippen LogP contribution in [-0.2, 0) is 6.54 Å². The van der Waals surface area contributed by atoms with Crippen LogP contribution in [0.15, 0.2) is 18.2 Å². The Kier molecular flexibility index (Phi) is 4.52. The minimum atomic E-state index is -0.349. The highest BCUT2D eigenvalue weighted by Gasteiger charge is 2.31. The van der Waals surface area contributed by atoms with Crippen molar-refractivity contribution in [3.63, 3.8) is 0 Å². The van der Waals surface area contributed by atoms with Gasteiger partial charge in [0.15, 0.2) is 0 Å². The predicted molar refractivity (Wildman–Crippen MR) is 78.8 cm³/mol. The first-order valence-electron chi connectivity index (χ1n) is 7.03. The molecule has 2 rings (SSSR count). The van der Waals surface area contributed by atoms with E-state index < -0.39 is 0 Å². The second kappa shape index (κ2) is 5.80. The Morgan fingerprint density at radius 3 is 2.74 bits per heavy atom. The second-order valence-electron chi connectivity index (χ2n) is 6.74. The minimum absolute atomic E-state index is 0.205. The number of hydrogen-bond donors (Lipinski definition) is 1. The molecule has 0 radical (unpaired) electrons. The van der Waals surface area contributed by atoms with Crippen LogP contribution in [0.4, 0.5) is 4.39 Å². The van der Waals surface area contributed by atoms with Gasteiger partial charge < -0.3 is 5.32 Å². The van der Waals surface area contributed by atoms with E-state index in [9.17, 15) is 4.39 Å². The number of nitrogens with one attached hydrogen (secondary N) is 1. The fourth-order valence-corrected chi connectivity index (χ4v) is 3.62. The molecule has 0 spiro atoms. The molecule has 0 aromatic heterocycles. The maximum absolute atomic E-state index is 13.1. The SMILES string of the molecule is CC1CC(NCc2ccc(F)c(Cl)c2)CC(C)(C)C1. The average Bonchev–Trinajstić information content (AvgIpc) is 2.28. The average molecular weight is 284 g/mol. The summed E-state index contributed by atoms with van der Waals surface area (Å²) in [5.41, 5.74) is 1.46. The van der Waals surface area contributed by atoms with Crippen LogP contribution < -0.4 is 5.32 Å². The van der Waals surface area contributed by atoms with Crippen molar-refractivity contribution in [1.29, 1.82) is 0 Å². The van der Waals surface area contributed by atoms with Gasteiger partial charge in [0.25, 0.3) is 0 Å². The number of rotatable bonds is 3.